The van der Waals surface area contributed by atoms with Crippen molar-refractivity contribution in [3.8, 4) is 10.4 Å². The Hall–Kier alpha value is -2.25. The average Bonchev–Trinajstić information content (AvgIpc) is 3.30. The number of rotatable bonds is 6. The van der Waals surface area contributed by atoms with Crippen LogP contribution in [0.15, 0.2) is 29.8 Å². The second kappa shape index (κ2) is 9.05. The molecule has 1 aromatic heterocycles. The lowest BCUT2D eigenvalue weighted by Crippen LogP contribution is -2.48. The Balaban J connectivity index is 1.62. The third-order valence-electron chi connectivity index (χ3n) is 5.68. The molecular formula is C22H29N3O3S. The zero-order valence-corrected chi connectivity index (χ0v) is 18.2. The van der Waals surface area contributed by atoms with Gasteiger partial charge in [0.15, 0.2) is 0 Å². The van der Waals surface area contributed by atoms with Crippen molar-refractivity contribution in [3.05, 3.63) is 41.0 Å². The molecule has 1 aromatic carbocycles. The molecule has 0 unspecified atom stereocenters. The number of carbonyl (C=O) groups is 2. The summed E-state index contributed by atoms with van der Waals surface area (Å²) in [6.45, 7) is 8.44. The van der Waals surface area contributed by atoms with E-state index in [4.69, 9.17) is 0 Å². The number of nitrogens with zero attached hydrogens (tertiary/aromatic N) is 2. The quantitative estimate of drug-likeness (QED) is 0.760. The topological polar surface area (TPSA) is 82.5 Å². The number of β-amino-alcohol motifs (C(OH)–C–C–N with tert-alkyl or cyclic N) is 1. The third-order valence-corrected chi connectivity index (χ3v) is 6.66. The lowest BCUT2D eigenvalue weighted by Gasteiger charge is -2.28. The van der Waals surface area contributed by atoms with Gasteiger partial charge in [0.05, 0.1) is 22.2 Å². The van der Waals surface area contributed by atoms with Gasteiger partial charge in [-0.25, -0.2) is 4.98 Å². The molecule has 2 N–H and O–H groups in total. The van der Waals surface area contributed by atoms with Crippen molar-refractivity contribution >= 4 is 23.2 Å². The Labute approximate surface area is 176 Å². The highest BCUT2D eigenvalue weighted by Gasteiger charge is 2.40. The number of aliphatic hydroxyl groups is 1. The normalized spacial score (nSPS) is 20.1. The molecule has 2 heterocycles. The molecule has 3 rings (SSSR count). The van der Waals surface area contributed by atoms with Crippen molar-refractivity contribution in [3.63, 3.8) is 0 Å². The molecule has 1 saturated heterocycles. The third kappa shape index (κ3) is 4.85. The van der Waals surface area contributed by atoms with Crippen LogP contribution in [0, 0.1) is 18.8 Å². The monoisotopic (exact) mass is 415 g/mol. The molecule has 0 aliphatic carbocycles. The van der Waals surface area contributed by atoms with Crippen molar-refractivity contribution in [2.45, 2.75) is 52.8 Å². The number of carbonyl (C=O) groups excluding carboxylic acids is 2. The number of hydrogen-bond acceptors (Lipinski definition) is 5. The summed E-state index contributed by atoms with van der Waals surface area (Å²) in [7, 11) is 0. The van der Waals surface area contributed by atoms with E-state index in [9.17, 15) is 14.7 Å². The van der Waals surface area contributed by atoms with Crippen LogP contribution in [0.5, 0.6) is 0 Å². The Bertz CT molecular complexity index is 862. The molecule has 0 bridgehead atoms. The number of hydrogen-bond donors (Lipinski definition) is 2. The van der Waals surface area contributed by atoms with E-state index >= 15 is 0 Å². The summed E-state index contributed by atoms with van der Waals surface area (Å²) in [5.74, 6) is -0.280. The predicted molar refractivity (Wildman–Crippen MR) is 114 cm³/mol. The fraction of sp³-hybridized carbons (Fsp3) is 0.500. The van der Waals surface area contributed by atoms with Gasteiger partial charge < -0.3 is 15.3 Å². The van der Waals surface area contributed by atoms with Crippen LogP contribution in [0.25, 0.3) is 10.4 Å². The van der Waals surface area contributed by atoms with Crippen LogP contribution >= 0.6 is 11.3 Å². The predicted octanol–water partition coefficient (Wildman–Crippen LogP) is 2.99. The summed E-state index contributed by atoms with van der Waals surface area (Å²) < 4.78 is 0. The fourth-order valence-corrected chi connectivity index (χ4v) is 4.32. The molecule has 3 atom stereocenters. The lowest BCUT2D eigenvalue weighted by atomic mass is 9.96. The van der Waals surface area contributed by atoms with E-state index in [1.807, 2.05) is 57.5 Å². The maximum Gasteiger partial charge on any atom is 0.243 e. The van der Waals surface area contributed by atoms with Crippen molar-refractivity contribution in [2.75, 3.05) is 6.54 Å². The number of thiazole rings is 1. The fourth-order valence-electron chi connectivity index (χ4n) is 3.51. The number of aliphatic hydroxyl groups excluding tert-OH is 1. The van der Waals surface area contributed by atoms with Crippen molar-refractivity contribution in [2.24, 2.45) is 11.8 Å². The van der Waals surface area contributed by atoms with Crippen LogP contribution in [0.4, 0.5) is 0 Å². The van der Waals surface area contributed by atoms with Gasteiger partial charge >= 0.3 is 0 Å². The van der Waals surface area contributed by atoms with Crippen LogP contribution in [-0.4, -0.2) is 45.5 Å². The standard InChI is InChI=1S/C22H29N3O3S/c1-13(2)14(3)22(28)25-11-18(26)9-19(25)21(27)23-10-16-5-7-17(8-6-16)20-15(4)24-12-29-20/h5-8,12-14,18-19,26H,9-11H2,1-4H3,(H,23,27)/t14-,18+,19-/m0/s1. The molecule has 7 heteroatoms. The molecule has 0 radical (unpaired) electrons. The summed E-state index contributed by atoms with van der Waals surface area (Å²) in [5.41, 5.74) is 4.94. The Morgan fingerprint density at radius 2 is 1.97 bits per heavy atom. The number of aryl methyl sites for hydroxylation is 1. The number of nitrogens with one attached hydrogen (secondary N) is 1. The lowest BCUT2D eigenvalue weighted by molar-refractivity contribution is -0.142. The largest absolute Gasteiger partial charge is 0.391 e. The Kier molecular flexibility index (Phi) is 6.70. The molecule has 0 saturated carbocycles. The Morgan fingerprint density at radius 3 is 2.55 bits per heavy atom. The zero-order valence-electron chi connectivity index (χ0n) is 17.4. The van der Waals surface area contributed by atoms with Crippen molar-refractivity contribution in [1.29, 1.82) is 0 Å². The molecule has 0 spiro atoms. The smallest absolute Gasteiger partial charge is 0.243 e. The minimum Gasteiger partial charge on any atom is -0.391 e. The number of amides is 2. The van der Waals surface area contributed by atoms with E-state index in [1.54, 1.807) is 16.2 Å². The molecule has 1 aliphatic heterocycles. The van der Waals surface area contributed by atoms with E-state index in [0.29, 0.717) is 6.54 Å². The highest BCUT2D eigenvalue weighted by molar-refractivity contribution is 7.13. The second-order valence-corrected chi connectivity index (χ2v) is 8.97. The molecular weight excluding hydrogens is 386 g/mol. The molecule has 156 valence electrons. The van der Waals surface area contributed by atoms with Gasteiger partial charge in [-0.1, -0.05) is 45.0 Å². The van der Waals surface area contributed by atoms with E-state index < -0.39 is 12.1 Å². The van der Waals surface area contributed by atoms with Crippen LogP contribution in [0.1, 0.15) is 38.4 Å². The van der Waals surface area contributed by atoms with Crippen LogP contribution < -0.4 is 5.32 Å². The number of aromatic nitrogens is 1. The highest BCUT2D eigenvalue weighted by atomic mass is 32.1. The maximum absolute atomic E-state index is 12.7. The van der Waals surface area contributed by atoms with Gasteiger partial charge in [0.2, 0.25) is 11.8 Å². The van der Waals surface area contributed by atoms with Gasteiger partial charge in [-0.15, -0.1) is 11.3 Å². The first-order valence-electron chi connectivity index (χ1n) is 10.0. The molecule has 2 aromatic rings. The highest BCUT2D eigenvalue weighted by Crippen LogP contribution is 2.27. The SMILES string of the molecule is Cc1ncsc1-c1ccc(CNC(=O)[C@@H]2C[C@@H](O)CN2C(=O)[C@@H](C)C(C)C)cc1. The minimum absolute atomic E-state index is 0.0685. The van der Waals surface area contributed by atoms with Gasteiger partial charge in [-0.2, -0.15) is 0 Å². The van der Waals surface area contributed by atoms with Gasteiger partial charge in [-0.05, 0) is 24.0 Å². The first-order valence-corrected chi connectivity index (χ1v) is 10.9. The van der Waals surface area contributed by atoms with E-state index in [1.165, 1.54) is 0 Å². The van der Waals surface area contributed by atoms with E-state index in [-0.39, 0.29) is 36.6 Å². The van der Waals surface area contributed by atoms with Crippen molar-refractivity contribution < 1.29 is 14.7 Å². The van der Waals surface area contributed by atoms with Gasteiger partial charge in [0, 0.05) is 25.4 Å². The summed E-state index contributed by atoms with van der Waals surface area (Å²) >= 11 is 1.61. The number of likely N-dealkylation sites (tertiary alicyclic amines) is 1. The second-order valence-electron chi connectivity index (χ2n) is 8.11. The van der Waals surface area contributed by atoms with E-state index in [2.05, 4.69) is 10.3 Å². The summed E-state index contributed by atoms with van der Waals surface area (Å²) in [4.78, 5) is 32.4. The van der Waals surface area contributed by atoms with Gasteiger partial charge in [0.25, 0.3) is 0 Å². The number of benzene rings is 1. The van der Waals surface area contributed by atoms with Gasteiger partial charge in [0.1, 0.15) is 6.04 Å². The van der Waals surface area contributed by atoms with E-state index in [0.717, 1.165) is 21.7 Å². The molecule has 1 fully saturated rings. The first kappa shape index (κ1) is 21.5. The molecule has 6 nitrogen and oxygen atoms in total. The average molecular weight is 416 g/mol. The van der Waals surface area contributed by atoms with Crippen LogP contribution in [0.3, 0.4) is 0 Å². The Morgan fingerprint density at radius 1 is 1.28 bits per heavy atom. The molecule has 2 amide bonds. The van der Waals surface area contributed by atoms with Crippen molar-refractivity contribution in [1.82, 2.24) is 15.2 Å². The van der Waals surface area contributed by atoms with Crippen LogP contribution in [-0.2, 0) is 16.1 Å². The van der Waals surface area contributed by atoms with Gasteiger partial charge in [-0.3, -0.25) is 9.59 Å². The molecule has 29 heavy (non-hydrogen) atoms. The minimum atomic E-state index is -0.656. The van der Waals surface area contributed by atoms with Crippen LogP contribution in [0.2, 0.25) is 0 Å². The molecule has 1 aliphatic rings. The zero-order chi connectivity index (χ0) is 21.1. The summed E-state index contributed by atoms with van der Waals surface area (Å²) in [5, 5.41) is 13.0. The maximum atomic E-state index is 12.7. The first-order chi connectivity index (χ1) is 13.8. The summed E-state index contributed by atoms with van der Waals surface area (Å²) in [6, 6.07) is 7.42. The summed E-state index contributed by atoms with van der Waals surface area (Å²) in [6.07, 6.45) is -0.373.